The number of carbonyl (C=O) groups is 1. The van der Waals surface area contributed by atoms with E-state index in [-0.39, 0.29) is 12.5 Å². The molecule has 1 fully saturated rings. The van der Waals surface area contributed by atoms with Crippen LogP contribution in [0, 0.1) is 5.41 Å². The molecule has 5 heteroatoms. The van der Waals surface area contributed by atoms with Crippen LogP contribution in [0.2, 0.25) is 0 Å². The van der Waals surface area contributed by atoms with Gasteiger partial charge in [-0.2, -0.15) is 0 Å². The molecule has 1 rings (SSSR count). The third kappa shape index (κ3) is 3.09. The summed E-state index contributed by atoms with van der Waals surface area (Å²) in [5.74, 6) is -1.64. The summed E-state index contributed by atoms with van der Waals surface area (Å²) in [5.41, 5.74) is 4.52. The number of aliphatic carboxylic acids is 1. The molecule has 1 aliphatic rings. The van der Waals surface area contributed by atoms with Crippen LogP contribution in [0.4, 0.5) is 0 Å². The Bertz CT molecular complexity index is 340. The number of ether oxygens (including phenoxy) is 2. The van der Waals surface area contributed by atoms with Crippen LogP contribution >= 0.6 is 0 Å². The van der Waals surface area contributed by atoms with Crippen molar-refractivity contribution >= 4 is 5.97 Å². The molecule has 0 aliphatic carbocycles. The lowest BCUT2D eigenvalue weighted by Gasteiger charge is -2.58. The maximum Gasteiger partial charge on any atom is 0.306 e. The number of hydrogen-bond acceptors (Lipinski definition) is 4. The second-order valence-electron chi connectivity index (χ2n) is 6.33. The van der Waals surface area contributed by atoms with Gasteiger partial charge in [-0.05, 0) is 33.2 Å². The zero-order valence-corrected chi connectivity index (χ0v) is 12.7. The Morgan fingerprint density at radius 2 is 1.89 bits per heavy atom. The molecule has 0 saturated carbocycles. The van der Waals surface area contributed by atoms with Gasteiger partial charge < -0.3 is 20.3 Å². The lowest BCUT2D eigenvalue weighted by Crippen LogP contribution is -2.64. The molecule has 1 saturated heterocycles. The van der Waals surface area contributed by atoms with E-state index in [1.54, 1.807) is 0 Å². The maximum atomic E-state index is 11.2. The van der Waals surface area contributed by atoms with Crippen molar-refractivity contribution < 1.29 is 19.4 Å². The van der Waals surface area contributed by atoms with Crippen LogP contribution in [-0.2, 0) is 14.3 Å². The molecule has 0 unspecified atom stereocenters. The van der Waals surface area contributed by atoms with Crippen molar-refractivity contribution in [2.75, 3.05) is 6.54 Å². The summed E-state index contributed by atoms with van der Waals surface area (Å²) < 4.78 is 12.0. The fraction of sp³-hybridized carbons (Fsp3) is 0.929. The Morgan fingerprint density at radius 1 is 1.32 bits per heavy atom. The summed E-state index contributed by atoms with van der Waals surface area (Å²) in [7, 11) is 0. The van der Waals surface area contributed by atoms with E-state index in [2.05, 4.69) is 0 Å². The quantitative estimate of drug-likeness (QED) is 0.802. The molecule has 112 valence electrons. The molecule has 0 aromatic rings. The summed E-state index contributed by atoms with van der Waals surface area (Å²) in [6, 6.07) is 0. The smallest absolute Gasteiger partial charge is 0.306 e. The first kappa shape index (κ1) is 16.4. The number of hydrogen-bond donors (Lipinski definition) is 2. The van der Waals surface area contributed by atoms with Crippen molar-refractivity contribution in [3.63, 3.8) is 0 Å². The van der Waals surface area contributed by atoms with E-state index < -0.39 is 22.8 Å². The summed E-state index contributed by atoms with van der Waals surface area (Å²) in [6.07, 6.45) is 1.19. The highest BCUT2D eigenvalue weighted by Gasteiger charge is 2.58. The van der Waals surface area contributed by atoms with Crippen molar-refractivity contribution in [3.8, 4) is 0 Å². The molecule has 5 nitrogen and oxygen atoms in total. The minimum Gasteiger partial charge on any atom is -0.481 e. The van der Waals surface area contributed by atoms with Crippen molar-refractivity contribution in [1.29, 1.82) is 0 Å². The van der Waals surface area contributed by atoms with Crippen LogP contribution in [0.1, 0.15) is 53.9 Å². The third-order valence-electron chi connectivity index (χ3n) is 4.28. The summed E-state index contributed by atoms with van der Waals surface area (Å²) >= 11 is 0. The van der Waals surface area contributed by atoms with E-state index in [1.165, 1.54) is 0 Å². The first-order valence-electron chi connectivity index (χ1n) is 6.90. The van der Waals surface area contributed by atoms with Crippen LogP contribution in [0.5, 0.6) is 0 Å². The molecular weight excluding hydrogens is 246 g/mol. The van der Waals surface area contributed by atoms with Gasteiger partial charge >= 0.3 is 5.97 Å². The minimum absolute atomic E-state index is 0.0235. The van der Waals surface area contributed by atoms with Crippen LogP contribution in [0.3, 0.4) is 0 Å². The van der Waals surface area contributed by atoms with Crippen LogP contribution in [-0.4, -0.2) is 35.1 Å². The maximum absolute atomic E-state index is 11.2. The Labute approximate surface area is 115 Å². The van der Waals surface area contributed by atoms with Gasteiger partial charge in [0.1, 0.15) is 0 Å². The lowest BCUT2D eigenvalue weighted by atomic mass is 9.65. The highest BCUT2D eigenvalue weighted by molar-refractivity contribution is 5.68. The second-order valence-corrected chi connectivity index (χ2v) is 6.33. The highest BCUT2D eigenvalue weighted by Crippen LogP contribution is 2.51. The SMILES string of the molecule is CC[C@]1(CC(=O)O)OC(C)(C)O[C@@H](CCN)C1(C)C. The standard InChI is InChI=1S/C14H27NO4/c1-6-14(9-11(16)17)12(2,3)10(7-8-15)18-13(4,5)19-14/h10H,6-9,15H2,1-5H3,(H,16,17)/t10-,14+/m0/s1. The van der Waals surface area contributed by atoms with Gasteiger partial charge in [-0.3, -0.25) is 4.79 Å². The fourth-order valence-corrected chi connectivity index (χ4v) is 3.14. The molecule has 1 heterocycles. The van der Waals surface area contributed by atoms with E-state index >= 15 is 0 Å². The third-order valence-corrected chi connectivity index (χ3v) is 4.28. The first-order valence-corrected chi connectivity index (χ1v) is 6.90. The predicted octanol–water partition coefficient (Wildman–Crippen LogP) is 2.14. The number of carboxylic acids is 1. The molecule has 1 aliphatic heterocycles. The molecule has 0 aromatic carbocycles. The summed E-state index contributed by atoms with van der Waals surface area (Å²) in [4.78, 5) is 11.2. The van der Waals surface area contributed by atoms with Gasteiger partial charge in [-0.1, -0.05) is 20.8 Å². The van der Waals surface area contributed by atoms with Gasteiger partial charge in [-0.25, -0.2) is 0 Å². The molecular formula is C14H27NO4. The van der Waals surface area contributed by atoms with Crippen molar-refractivity contribution in [2.24, 2.45) is 11.1 Å². The van der Waals surface area contributed by atoms with Gasteiger partial charge in [0.2, 0.25) is 0 Å². The fourth-order valence-electron chi connectivity index (χ4n) is 3.14. The average Bonchev–Trinajstić information content (AvgIpc) is 2.24. The van der Waals surface area contributed by atoms with E-state index in [1.807, 2.05) is 34.6 Å². The molecule has 0 radical (unpaired) electrons. The Morgan fingerprint density at radius 3 is 2.32 bits per heavy atom. The second kappa shape index (κ2) is 5.38. The van der Waals surface area contributed by atoms with Gasteiger partial charge in [0.15, 0.2) is 5.79 Å². The predicted molar refractivity (Wildman–Crippen MR) is 72.8 cm³/mol. The molecule has 2 atom stereocenters. The minimum atomic E-state index is -0.848. The van der Waals surface area contributed by atoms with E-state index in [0.29, 0.717) is 19.4 Å². The largest absolute Gasteiger partial charge is 0.481 e. The van der Waals surface area contributed by atoms with Crippen LogP contribution in [0.15, 0.2) is 0 Å². The molecule has 0 bridgehead atoms. The average molecular weight is 273 g/mol. The Hall–Kier alpha value is -0.650. The van der Waals surface area contributed by atoms with Gasteiger partial charge in [0.05, 0.1) is 18.1 Å². The Balaban J connectivity index is 3.19. The number of nitrogens with two attached hydrogens (primary N) is 1. The van der Waals surface area contributed by atoms with Crippen molar-refractivity contribution in [2.45, 2.75) is 71.4 Å². The van der Waals surface area contributed by atoms with E-state index in [9.17, 15) is 9.90 Å². The lowest BCUT2D eigenvalue weighted by molar-refractivity contribution is -0.380. The van der Waals surface area contributed by atoms with Gasteiger partial charge in [-0.15, -0.1) is 0 Å². The monoisotopic (exact) mass is 273 g/mol. The zero-order chi connectivity index (χ0) is 14.9. The normalized spacial score (nSPS) is 33.1. The highest BCUT2D eigenvalue weighted by atomic mass is 16.7. The molecule has 19 heavy (non-hydrogen) atoms. The van der Waals surface area contributed by atoms with Crippen LogP contribution in [0.25, 0.3) is 0 Å². The summed E-state index contributed by atoms with van der Waals surface area (Å²) in [6.45, 7) is 10.2. The van der Waals surface area contributed by atoms with Crippen LogP contribution < -0.4 is 5.73 Å². The Kier molecular flexibility index (Phi) is 4.65. The van der Waals surface area contributed by atoms with Gasteiger partial charge in [0, 0.05) is 5.41 Å². The molecule has 0 aromatic heterocycles. The zero-order valence-electron chi connectivity index (χ0n) is 12.7. The molecule has 0 amide bonds. The van der Waals surface area contributed by atoms with Crippen molar-refractivity contribution in [3.05, 3.63) is 0 Å². The van der Waals surface area contributed by atoms with E-state index in [0.717, 1.165) is 0 Å². The number of carboxylic acid groups (broad SMARTS) is 1. The topological polar surface area (TPSA) is 81.8 Å². The molecule has 0 spiro atoms. The molecule has 3 N–H and O–H groups in total. The number of rotatable bonds is 5. The van der Waals surface area contributed by atoms with E-state index in [4.69, 9.17) is 15.2 Å². The first-order chi connectivity index (χ1) is 8.60. The summed E-state index contributed by atoms with van der Waals surface area (Å²) in [5, 5.41) is 9.24. The van der Waals surface area contributed by atoms with Crippen molar-refractivity contribution in [1.82, 2.24) is 0 Å². The van der Waals surface area contributed by atoms with Gasteiger partial charge in [0.25, 0.3) is 0 Å².